The SMILES string of the molecule is CCOC(=O)CNC(=O)NS(=O)(=O)/C=C/c1ccc(Br)cc1. The van der Waals surface area contributed by atoms with E-state index in [1.165, 1.54) is 6.08 Å². The summed E-state index contributed by atoms with van der Waals surface area (Å²) in [5.41, 5.74) is 0.653. The van der Waals surface area contributed by atoms with Crippen LogP contribution < -0.4 is 10.0 Å². The highest BCUT2D eigenvalue weighted by molar-refractivity contribution is 9.10. The van der Waals surface area contributed by atoms with Crippen molar-refractivity contribution < 1.29 is 22.7 Å². The topological polar surface area (TPSA) is 102 Å². The lowest BCUT2D eigenvalue weighted by atomic mass is 10.2. The van der Waals surface area contributed by atoms with Gasteiger partial charge in [0, 0.05) is 4.47 Å². The second-order valence-corrected chi connectivity index (χ2v) is 6.47. The number of sulfonamides is 1. The van der Waals surface area contributed by atoms with E-state index in [0.717, 1.165) is 9.88 Å². The summed E-state index contributed by atoms with van der Waals surface area (Å²) in [5, 5.41) is 2.95. The quantitative estimate of drug-likeness (QED) is 0.718. The van der Waals surface area contributed by atoms with Crippen LogP contribution in [-0.4, -0.2) is 33.6 Å². The van der Waals surface area contributed by atoms with Gasteiger partial charge in [0.25, 0.3) is 10.0 Å². The first-order chi connectivity index (χ1) is 10.3. The number of rotatable bonds is 6. The Hall–Kier alpha value is -1.87. The van der Waals surface area contributed by atoms with Crippen LogP contribution in [0, 0.1) is 0 Å². The molecule has 0 aliphatic rings. The van der Waals surface area contributed by atoms with E-state index in [1.54, 1.807) is 35.9 Å². The average molecular weight is 391 g/mol. The molecule has 7 nitrogen and oxygen atoms in total. The second-order valence-electron chi connectivity index (χ2n) is 3.99. The number of halogens is 1. The molecule has 9 heteroatoms. The molecule has 22 heavy (non-hydrogen) atoms. The first-order valence-corrected chi connectivity index (χ1v) is 8.56. The summed E-state index contributed by atoms with van der Waals surface area (Å²) < 4.78 is 30.5. The van der Waals surface area contributed by atoms with Crippen LogP contribution >= 0.6 is 15.9 Å². The molecule has 0 fully saturated rings. The van der Waals surface area contributed by atoms with E-state index in [1.807, 2.05) is 0 Å². The molecule has 1 rings (SSSR count). The third-order valence-corrected chi connectivity index (χ3v) is 3.74. The van der Waals surface area contributed by atoms with E-state index < -0.39 is 28.6 Å². The van der Waals surface area contributed by atoms with Crippen molar-refractivity contribution in [2.45, 2.75) is 6.92 Å². The molecular weight excluding hydrogens is 376 g/mol. The molecule has 0 aromatic heterocycles. The molecule has 1 aromatic rings. The van der Waals surface area contributed by atoms with Crippen molar-refractivity contribution in [2.75, 3.05) is 13.2 Å². The van der Waals surface area contributed by atoms with E-state index in [0.29, 0.717) is 5.56 Å². The summed E-state index contributed by atoms with van der Waals surface area (Å²) in [7, 11) is -3.96. The number of nitrogens with one attached hydrogen (secondary N) is 2. The zero-order valence-corrected chi connectivity index (χ0v) is 14.1. The average Bonchev–Trinajstić information content (AvgIpc) is 2.44. The fourth-order valence-electron chi connectivity index (χ4n) is 1.31. The maximum absolute atomic E-state index is 11.7. The van der Waals surface area contributed by atoms with Crippen LogP contribution in [0.25, 0.3) is 6.08 Å². The standard InChI is InChI=1S/C13H15BrN2O5S/c1-2-21-12(17)9-15-13(18)16-22(19,20)8-7-10-3-5-11(14)6-4-10/h3-8H,2,9H2,1H3,(H2,15,16,18)/b8-7+. The van der Waals surface area contributed by atoms with Gasteiger partial charge in [0.2, 0.25) is 0 Å². The lowest BCUT2D eigenvalue weighted by molar-refractivity contribution is -0.141. The number of benzene rings is 1. The Morgan fingerprint density at radius 3 is 2.50 bits per heavy atom. The zero-order chi connectivity index (χ0) is 16.6. The smallest absolute Gasteiger partial charge is 0.329 e. The largest absolute Gasteiger partial charge is 0.465 e. The third-order valence-electron chi connectivity index (χ3n) is 2.24. The Morgan fingerprint density at radius 1 is 1.27 bits per heavy atom. The van der Waals surface area contributed by atoms with Gasteiger partial charge >= 0.3 is 12.0 Å². The summed E-state index contributed by atoms with van der Waals surface area (Å²) in [6.07, 6.45) is 1.34. The van der Waals surface area contributed by atoms with Gasteiger partial charge in [-0.15, -0.1) is 0 Å². The van der Waals surface area contributed by atoms with Gasteiger partial charge in [-0.05, 0) is 30.7 Å². The van der Waals surface area contributed by atoms with Crippen LogP contribution in [0.4, 0.5) is 4.79 Å². The van der Waals surface area contributed by atoms with E-state index in [-0.39, 0.29) is 6.61 Å². The Balaban J connectivity index is 2.54. The van der Waals surface area contributed by atoms with Gasteiger partial charge in [-0.2, -0.15) is 0 Å². The minimum absolute atomic E-state index is 0.177. The highest BCUT2D eigenvalue weighted by Gasteiger charge is 2.12. The Bertz CT molecular complexity index is 656. The van der Waals surface area contributed by atoms with Crippen molar-refractivity contribution in [3.05, 3.63) is 39.7 Å². The molecule has 0 unspecified atom stereocenters. The molecule has 0 saturated carbocycles. The van der Waals surface area contributed by atoms with E-state index in [4.69, 9.17) is 0 Å². The van der Waals surface area contributed by atoms with Crippen molar-refractivity contribution >= 4 is 44.0 Å². The molecule has 2 amide bonds. The molecule has 0 radical (unpaired) electrons. The third kappa shape index (κ3) is 7.23. The monoisotopic (exact) mass is 390 g/mol. The molecule has 120 valence electrons. The molecule has 0 spiro atoms. The number of carbonyl (C=O) groups excluding carboxylic acids is 2. The summed E-state index contributed by atoms with van der Waals surface area (Å²) in [6.45, 7) is 1.39. The van der Waals surface area contributed by atoms with Crippen LogP contribution in [0.3, 0.4) is 0 Å². The lowest BCUT2D eigenvalue weighted by Gasteiger charge is -2.05. The molecule has 0 aliphatic heterocycles. The lowest BCUT2D eigenvalue weighted by Crippen LogP contribution is -2.41. The van der Waals surface area contributed by atoms with E-state index >= 15 is 0 Å². The Morgan fingerprint density at radius 2 is 1.91 bits per heavy atom. The fourth-order valence-corrected chi connectivity index (χ4v) is 2.31. The van der Waals surface area contributed by atoms with Gasteiger partial charge in [0.15, 0.2) is 0 Å². The second kappa shape index (κ2) is 8.54. The molecule has 0 saturated heterocycles. The van der Waals surface area contributed by atoms with Gasteiger partial charge < -0.3 is 10.1 Å². The van der Waals surface area contributed by atoms with Crippen LogP contribution in [0.1, 0.15) is 12.5 Å². The number of hydrogen-bond donors (Lipinski definition) is 2. The normalized spacial score (nSPS) is 11.2. The fraction of sp³-hybridized carbons (Fsp3) is 0.231. The highest BCUT2D eigenvalue weighted by Crippen LogP contribution is 2.11. The van der Waals surface area contributed by atoms with Crippen molar-refractivity contribution in [3.63, 3.8) is 0 Å². The maximum atomic E-state index is 11.7. The number of esters is 1. The summed E-state index contributed by atoms with van der Waals surface area (Å²) >= 11 is 3.26. The minimum Gasteiger partial charge on any atom is -0.465 e. The molecule has 2 N–H and O–H groups in total. The van der Waals surface area contributed by atoms with Crippen LogP contribution in [0.15, 0.2) is 34.1 Å². The first-order valence-electron chi connectivity index (χ1n) is 6.22. The number of urea groups is 1. The number of carbonyl (C=O) groups is 2. The van der Waals surface area contributed by atoms with Crippen LogP contribution in [-0.2, 0) is 19.6 Å². The summed E-state index contributed by atoms with van der Waals surface area (Å²) in [4.78, 5) is 22.4. The van der Waals surface area contributed by atoms with Crippen LogP contribution in [0.5, 0.6) is 0 Å². The van der Waals surface area contributed by atoms with Gasteiger partial charge in [0.1, 0.15) is 6.54 Å². The van der Waals surface area contributed by atoms with Crippen molar-refractivity contribution in [1.29, 1.82) is 0 Å². The predicted octanol–water partition coefficient (Wildman–Crippen LogP) is 1.61. The molecular formula is C13H15BrN2O5S. The van der Waals surface area contributed by atoms with Crippen LogP contribution in [0.2, 0.25) is 0 Å². The molecule has 0 atom stereocenters. The summed E-state index contributed by atoms with van der Waals surface area (Å²) in [5.74, 6) is -0.652. The minimum atomic E-state index is -3.96. The predicted molar refractivity (Wildman–Crippen MR) is 85.3 cm³/mol. The molecule has 0 aliphatic carbocycles. The molecule has 0 bridgehead atoms. The maximum Gasteiger partial charge on any atom is 0.329 e. The Labute approximate surface area is 136 Å². The van der Waals surface area contributed by atoms with E-state index in [2.05, 4.69) is 26.0 Å². The Kier molecular flexibility index (Phi) is 7.06. The number of amides is 2. The molecule has 1 aromatic carbocycles. The number of hydrogen-bond acceptors (Lipinski definition) is 5. The van der Waals surface area contributed by atoms with Gasteiger partial charge in [-0.1, -0.05) is 28.1 Å². The summed E-state index contributed by atoms with van der Waals surface area (Å²) in [6, 6.07) is 5.92. The van der Waals surface area contributed by atoms with Gasteiger partial charge in [0.05, 0.1) is 12.0 Å². The van der Waals surface area contributed by atoms with Crippen molar-refractivity contribution in [2.24, 2.45) is 0 Å². The highest BCUT2D eigenvalue weighted by atomic mass is 79.9. The first kappa shape index (κ1) is 18.2. The van der Waals surface area contributed by atoms with Crippen molar-refractivity contribution in [3.8, 4) is 0 Å². The van der Waals surface area contributed by atoms with Crippen molar-refractivity contribution in [1.82, 2.24) is 10.0 Å². The van der Waals surface area contributed by atoms with Gasteiger partial charge in [-0.25, -0.2) is 17.9 Å². The zero-order valence-electron chi connectivity index (χ0n) is 11.7. The van der Waals surface area contributed by atoms with Gasteiger partial charge in [-0.3, -0.25) is 4.79 Å². The molecule has 0 heterocycles. The number of ether oxygens (including phenoxy) is 1. The van der Waals surface area contributed by atoms with E-state index in [9.17, 15) is 18.0 Å².